The summed E-state index contributed by atoms with van der Waals surface area (Å²) in [4.78, 5) is 35.7. The molecule has 1 fully saturated rings. The molecular formula is C30H40ClNO4. The summed E-state index contributed by atoms with van der Waals surface area (Å²) in [6.07, 6.45) is 3.51. The molecule has 0 radical (unpaired) electrons. The number of aryl methyl sites for hydroxylation is 1. The van der Waals surface area contributed by atoms with Crippen LogP contribution >= 0.6 is 11.6 Å². The SMILES string of the molecule is CCC(C(=O)C1C[C@@H](C(=O)OC)NC1C(C)(C)C)c1ccccc1.O=C(Cl)CCCc1ccccc1. The predicted octanol–water partition coefficient (Wildman–Crippen LogP) is 6.09. The number of ketones is 1. The number of esters is 1. The first kappa shape index (κ1) is 29.7. The van der Waals surface area contributed by atoms with Crippen molar-refractivity contribution in [3.05, 3.63) is 71.8 Å². The molecule has 0 aliphatic carbocycles. The van der Waals surface area contributed by atoms with Crippen molar-refractivity contribution in [3.63, 3.8) is 0 Å². The van der Waals surface area contributed by atoms with Gasteiger partial charge in [-0.2, -0.15) is 0 Å². The van der Waals surface area contributed by atoms with Crippen LogP contribution in [-0.2, 0) is 25.5 Å². The minimum Gasteiger partial charge on any atom is -0.468 e. The second-order valence-electron chi connectivity index (χ2n) is 10.4. The lowest BCUT2D eigenvalue weighted by Crippen LogP contribution is -2.46. The second-order valence-corrected chi connectivity index (χ2v) is 10.8. The van der Waals surface area contributed by atoms with E-state index in [1.54, 1.807) is 0 Å². The number of ether oxygens (including phenoxy) is 1. The van der Waals surface area contributed by atoms with Crippen molar-refractivity contribution in [2.45, 2.75) is 77.8 Å². The fourth-order valence-corrected chi connectivity index (χ4v) is 4.99. The molecule has 0 aromatic heterocycles. The highest BCUT2D eigenvalue weighted by atomic mass is 35.5. The van der Waals surface area contributed by atoms with Crippen LogP contribution in [0.2, 0.25) is 0 Å². The van der Waals surface area contributed by atoms with E-state index in [1.807, 2.05) is 55.5 Å². The van der Waals surface area contributed by atoms with E-state index in [0.29, 0.717) is 12.8 Å². The molecule has 1 heterocycles. The van der Waals surface area contributed by atoms with E-state index >= 15 is 0 Å². The molecule has 0 saturated carbocycles. The number of methoxy groups -OCH3 is 1. The summed E-state index contributed by atoms with van der Waals surface area (Å²) in [5.74, 6) is -0.367. The minimum atomic E-state index is -0.401. The van der Waals surface area contributed by atoms with Crippen molar-refractivity contribution in [2.75, 3.05) is 7.11 Å². The van der Waals surface area contributed by atoms with Crippen LogP contribution in [0.4, 0.5) is 0 Å². The number of carbonyl (C=O) groups excluding carboxylic acids is 3. The molecule has 2 aromatic rings. The van der Waals surface area contributed by atoms with Gasteiger partial charge in [-0.25, -0.2) is 0 Å². The lowest BCUT2D eigenvalue weighted by atomic mass is 9.74. The number of nitrogens with one attached hydrogen (secondary N) is 1. The Balaban J connectivity index is 0.000000319. The Kier molecular flexibility index (Phi) is 11.8. The summed E-state index contributed by atoms with van der Waals surface area (Å²) < 4.78 is 4.88. The minimum absolute atomic E-state index is 0.0353. The van der Waals surface area contributed by atoms with Gasteiger partial charge in [0, 0.05) is 24.3 Å². The molecule has 1 aliphatic heterocycles. The molecule has 36 heavy (non-hydrogen) atoms. The number of rotatable bonds is 9. The van der Waals surface area contributed by atoms with Gasteiger partial charge in [0.1, 0.15) is 11.8 Å². The first-order chi connectivity index (χ1) is 17.1. The predicted molar refractivity (Wildman–Crippen MR) is 145 cm³/mol. The van der Waals surface area contributed by atoms with Gasteiger partial charge in [-0.3, -0.25) is 14.4 Å². The molecule has 1 N–H and O–H groups in total. The average Bonchev–Trinajstić information content (AvgIpc) is 3.32. The van der Waals surface area contributed by atoms with E-state index in [4.69, 9.17) is 16.3 Å². The lowest BCUT2D eigenvalue weighted by Gasteiger charge is -2.33. The van der Waals surface area contributed by atoms with Crippen LogP contribution in [-0.4, -0.2) is 36.2 Å². The van der Waals surface area contributed by atoms with Crippen LogP contribution in [0.3, 0.4) is 0 Å². The second kappa shape index (κ2) is 14.3. The normalized spacial score (nSPS) is 20.1. The van der Waals surface area contributed by atoms with Crippen molar-refractivity contribution in [2.24, 2.45) is 11.3 Å². The van der Waals surface area contributed by atoms with E-state index in [-0.39, 0.29) is 40.3 Å². The van der Waals surface area contributed by atoms with Crippen LogP contribution in [0.1, 0.15) is 70.4 Å². The fraction of sp³-hybridized carbons (Fsp3) is 0.500. The quantitative estimate of drug-likeness (QED) is 0.324. The molecule has 0 amide bonds. The maximum absolute atomic E-state index is 13.3. The molecule has 2 aromatic carbocycles. The van der Waals surface area contributed by atoms with Gasteiger partial charge in [0.15, 0.2) is 0 Å². The maximum Gasteiger partial charge on any atom is 0.322 e. The van der Waals surface area contributed by atoms with Crippen molar-refractivity contribution >= 4 is 28.6 Å². The van der Waals surface area contributed by atoms with Gasteiger partial charge >= 0.3 is 5.97 Å². The molecule has 6 heteroatoms. The van der Waals surface area contributed by atoms with E-state index in [9.17, 15) is 14.4 Å². The smallest absolute Gasteiger partial charge is 0.322 e. The third-order valence-electron chi connectivity index (χ3n) is 6.69. The molecule has 1 saturated heterocycles. The Bertz CT molecular complexity index is 971. The fourth-order valence-electron chi connectivity index (χ4n) is 4.85. The van der Waals surface area contributed by atoms with Crippen LogP contribution in [0, 0.1) is 11.3 Å². The van der Waals surface area contributed by atoms with Crippen LogP contribution in [0.25, 0.3) is 0 Å². The Hall–Kier alpha value is -2.50. The number of halogens is 1. The third-order valence-corrected chi connectivity index (χ3v) is 6.88. The highest BCUT2D eigenvalue weighted by molar-refractivity contribution is 6.63. The molecule has 4 atom stereocenters. The van der Waals surface area contributed by atoms with Crippen LogP contribution in [0.5, 0.6) is 0 Å². The summed E-state index contributed by atoms with van der Waals surface area (Å²) >= 11 is 5.21. The molecule has 1 aliphatic rings. The standard InChI is InChI=1S/C20H29NO3.C10H11ClO/c1-6-14(13-10-8-7-9-11-13)17(22)15-12-16(19(23)24-5)21-18(15)20(2,3)4;11-10(12)8-4-7-9-5-2-1-3-6-9/h7-11,14-16,18,21H,6,12H2,1-5H3;1-3,5-6H,4,7-8H2/t14?,15?,16-,18?;/m0./s1. The maximum atomic E-state index is 13.3. The van der Waals surface area contributed by atoms with Gasteiger partial charge in [0.05, 0.1) is 7.11 Å². The van der Waals surface area contributed by atoms with Gasteiger partial charge in [-0.1, -0.05) is 88.4 Å². The molecule has 3 unspecified atom stereocenters. The van der Waals surface area contributed by atoms with E-state index < -0.39 is 6.04 Å². The van der Waals surface area contributed by atoms with Gasteiger partial charge in [-0.05, 0) is 53.8 Å². The van der Waals surface area contributed by atoms with Crippen LogP contribution in [0.15, 0.2) is 60.7 Å². The number of hydrogen-bond acceptors (Lipinski definition) is 5. The Morgan fingerprint density at radius 2 is 1.61 bits per heavy atom. The monoisotopic (exact) mass is 513 g/mol. The number of benzene rings is 2. The van der Waals surface area contributed by atoms with Gasteiger partial charge < -0.3 is 10.1 Å². The highest BCUT2D eigenvalue weighted by Gasteiger charge is 2.47. The van der Waals surface area contributed by atoms with Crippen molar-refractivity contribution in [1.82, 2.24) is 5.32 Å². The van der Waals surface area contributed by atoms with Gasteiger partial charge in [0.2, 0.25) is 5.24 Å². The lowest BCUT2D eigenvalue weighted by molar-refractivity contribution is -0.142. The van der Waals surface area contributed by atoms with Gasteiger partial charge in [-0.15, -0.1) is 0 Å². The number of carbonyl (C=O) groups is 3. The zero-order chi connectivity index (χ0) is 26.7. The number of Topliss-reactive ketones (excluding diaryl/α,β-unsaturated/α-hetero) is 1. The zero-order valence-corrected chi connectivity index (χ0v) is 22.9. The Labute approximate surface area is 221 Å². The highest BCUT2D eigenvalue weighted by Crippen LogP contribution is 2.38. The van der Waals surface area contributed by atoms with Crippen molar-refractivity contribution in [1.29, 1.82) is 0 Å². The van der Waals surface area contributed by atoms with Crippen LogP contribution < -0.4 is 5.32 Å². The average molecular weight is 514 g/mol. The largest absolute Gasteiger partial charge is 0.468 e. The first-order valence-electron chi connectivity index (χ1n) is 12.7. The summed E-state index contributed by atoms with van der Waals surface area (Å²) in [5.41, 5.74) is 2.20. The first-order valence-corrected chi connectivity index (χ1v) is 13.1. The van der Waals surface area contributed by atoms with Gasteiger partial charge in [0.25, 0.3) is 0 Å². The summed E-state index contributed by atoms with van der Waals surface area (Å²) in [6.45, 7) is 8.36. The molecule has 0 bridgehead atoms. The van der Waals surface area contributed by atoms with E-state index in [1.165, 1.54) is 12.7 Å². The third kappa shape index (κ3) is 8.86. The summed E-state index contributed by atoms with van der Waals surface area (Å²) in [6, 6.07) is 19.6. The van der Waals surface area contributed by atoms with E-state index in [2.05, 4.69) is 38.2 Å². The molecule has 0 spiro atoms. The molecular weight excluding hydrogens is 474 g/mol. The van der Waals surface area contributed by atoms with Crippen molar-refractivity contribution < 1.29 is 19.1 Å². The number of hydrogen-bond donors (Lipinski definition) is 1. The zero-order valence-electron chi connectivity index (χ0n) is 22.1. The molecule has 3 rings (SSSR count). The summed E-state index contributed by atoms with van der Waals surface area (Å²) in [7, 11) is 1.39. The van der Waals surface area contributed by atoms with E-state index in [0.717, 1.165) is 24.8 Å². The summed E-state index contributed by atoms with van der Waals surface area (Å²) in [5, 5.41) is 3.10. The Morgan fingerprint density at radius 3 is 2.11 bits per heavy atom. The topological polar surface area (TPSA) is 72.5 Å². The molecule has 196 valence electrons. The Morgan fingerprint density at radius 1 is 1.03 bits per heavy atom. The van der Waals surface area contributed by atoms with Crippen molar-refractivity contribution in [3.8, 4) is 0 Å². The molecule has 5 nitrogen and oxygen atoms in total.